The number of carboxylic acid groups (broad SMARTS) is 4. The van der Waals surface area contributed by atoms with E-state index in [1.165, 1.54) is 0 Å². The molecule has 0 spiro atoms. The van der Waals surface area contributed by atoms with Gasteiger partial charge in [-0.15, -0.1) is 0 Å². The first-order chi connectivity index (χ1) is 9.13. The lowest BCUT2D eigenvalue weighted by atomic mass is 10.4. The third kappa shape index (κ3) is 6.83. The van der Waals surface area contributed by atoms with Gasteiger partial charge in [0.1, 0.15) is 26.2 Å². The van der Waals surface area contributed by atoms with E-state index in [-0.39, 0.29) is 5.82 Å². The highest BCUT2D eigenvalue weighted by atomic mass is 16.4. The third-order valence-electron chi connectivity index (χ3n) is 2.03. The van der Waals surface area contributed by atoms with E-state index in [9.17, 15) is 19.2 Å². The van der Waals surface area contributed by atoms with Crippen LogP contribution < -0.4 is 0 Å². The molecule has 10 nitrogen and oxygen atoms in total. The second kappa shape index (κ2) is 7.61. The molecule has 0 unspecified atom stereocenters. The van der Waals surface area contributed by atoms with E-state index >= 15 is 0 Å². The Kier molecular flexibility index (Phi) is 6.55. The zero-order valence-corrected chi connectivity index (χ0v) is 10.4. The molecule has 0 saturated heterocycles. The second-order valence-electron chi connectivity index (χ2n) is 3.70. The molecule has 0 aliphatic heterocycles. The average Bonchev–Trinajstić information content (AvgIpc) is 2.23. The van der Waals surface area contributed by atoms with Crippen LogP contribution in [0.1, 0.15) is 0 Å². The fourth-order valence-electron chi connectivity index (χ4n) is 1.33. The Hall–Kier alpha value is -2.78. The van der Waals surface area contributed by atoms with Crippen LogP contribution in [-0.2, 0) is 19.2 Å². The SMILES string of the molecule is C=C(N(CC(=O)O)CC(=O)O)N(CC(=O)O)CC(=O)O. The maximum Gasteiger partial charge on any atom is 0.323 e. The Balaban J connectivity index is 5.09. The molecule has 0 amide bonds. The quantitative estimate of drug-likeness (QED) is 0.369. The average molecular weight is 290 g/mol. The number of rotatable bonds is 10. The Morgan fingerprint density at radius 3 is 1.00 bits per heavy atom. The summed E-state index contributed by atoms with van der Waals surface area (Å²) >= 11 is 0. The molecule has 0 bridgehead atoms. The molecule has 0 atom stereocenters. The molecular weight excluding hydrogens is 276 g/mol. The van der Waals surface area contributed by atoms with Crippen molar-refractivity contribution in [2.24, 2.45) is 0 Å². The molecule has 0 aromatic heterocycles. The van der Waals surface area contributed by atoms with Gasteiger partial charge in [0.2, 0.25) is 0 Å². The first-order valence-corrected chi connectivity index (χ1v) is 5.19. The number of carbonyl (C=O) groups is 4. The summed E-state index contributed by atoms with van der Waals surface area (Å²) in [5, 5.41) is 34.7. The molecule has 20 heavy (non-hydrogen) atoms. The Bertz CT molecular complexity index is 363. The van der Waals surface area contributed by atoms with E-state index in [4.69, 9.17) is 20.4 Å². The molecule has 10 heteroatoms. The van der Waals surface area contributed by atoms with Crippen LogP contribution in [0.25, 0.3) is 0 Å². The standard InChI is InChI=1S/C10H14N2O8/c1-6(11(2-7(13)14)3-8(15)16)12(4-9(17)18)5-10(19)20/h1-5H2,(H,13,14)(H,15,16)(H,17,18)(H,19,20). The smallest absolute Gasteiger partial charge is 0.323 e. The van der Waals surface area contributed by atoms with Crippen molar-refractivity contribution in [2.75, 3.05) is 26.2 Å². The monoisotopic (exact) mass is 290 g/mol. The van der Waals surface area contributed by atoms with Crippen LogP contribution in [0, 0.1) is 0 Å². The van der Waals surface area contributed by atoms with Gasteiger partial charge in [-0.05, 0) is 0 Å². The molecule has 0 heterocycles. The molecule has 0 aliphatic rings. The summed E-state index contributed by atoms with van der Waals surface area (Å²) in [4.78, 5) is 44.1. The number of aliphatic carboxylic acids is 4. The maximum absolute atomic E-state index is 10.6. The fraction of sp³-hybridized carbons (Fsp3) is 0.400. The van der Waals surface area contributed by atoms with Crippen LogP contribution in [0.4, 0.5) is 0 Å². The summed E-state index contributed by atoms with van der Waals surface area (Å²) in [6, 6.07) is 0. The zero-order chi connectivity index (χ0) is 15.9. The van der Waals surface area contributed by atoms with Gasteiger partial charge in [0.15, 0.2) is 0 Å². The van der Waals surface area contributed by atoms with Gasteiger partial charge in [-0.25, -0.2) is 0 Å². The highest BCUT2D eigenvalue weighted by Gasteiger charge is 2.23. The highest BCUT2D eigenvalue weighted by molar-refractivity contribution is 5.74. The van der Waals surface area contributed by atoms with Crippen LogP contribution in [0.3, 0.4) is 0 Å². The summed E-state index contributed by atoms with van der Waals surface area (Å²) < 4.78 is 0. The van der Waals surface area contributed by atoms with Crippen molar-refractivity contribution in [2.45, 2.75) is 0 Å². The largest absolute Gasteiger partial charge is 0.480 e. The van der Waals surface area contributed by atoms with E-state index in [0.29, 0.717) is 0 Å². The van der Waals surface area contributed by atoms with Gasteiger partial charge >= 0.3 is 23.9 Å². The van der Waals surface area contributed by atoms with Crippen molar-refractivity contribution in [1.82, 2.24) is 9.80 Å². The van der Waals surface area contributed by atoms with Gasteiger partial charge in [-0.3, -0.25) is 19.2 Å². The van der Waals surface area contributed by atoms with Crippen molar-refractivity contribution < 1.29 is 39.6 Å². The van der Waals surface area contributed by atoms with Gasteiger partial charge in [0.05, 0.1) is 5.82 Å². The Morgan fingerprint density at radius 1 is 0.650 bits per heavy atom. The van der Waals surface area contributed by atoms with Crippen molar-refractivity contribution in [3.05, 3.63) is 12.4 Å². The molecule has 0 aromatic rings. The van der Waals surface area contributed by atoms with Crippen molar-refractivity contribution in [3.8, 4) is 0 Å². The van der Waals surface area contributed by atoms with Crippen molar-refractivity contribution in [1.29, 1.82) is 0 Å². The predicted molar refractivity (Wildman–Crippen MR) is 62.8 cm³/mol. The van der Waals surface area contributed by atoms with Crippen LogP contribution >= 0.6 is 0 Å². The van der Waals surface area contributed by atoms with E-state index in [2.05, 4.69) is 6.58 Å². The van der Waals surface area contributed by atoms with E-state index in [1.54, 1.807) is 0 Å². The highest BCUT2D eigenvalue weighted by Crippen LogP contribution is 2.08. The normalized spacial score (nSPS) is 9.60. The Morgan fingerprint density at radius 2 is 0.850 bits per heavy atom. The van der Waals surface area contributed by atoms with E-state index < -0.39 is 50.1 Å². The molecule has 4 N–H and O–H groups in total. The lowest BCUT2D eigenvalue weighted by molar-refractivity contribution is -0.141. The van der Waals surface area contributed by atoms with Gasteiger partial charge in [-0.1, -0.05) is 6.58 Å². The first kappa shape index (κ1) is 17.2. The topological polar surface area (TPSA) is 156 Å². The van der Waals surface area contributed by atoms with Crippen molar-refractivity contribution in [3.63, 3.8) is 0 Å². The van der Waals surface area contributed by atoms with Gasteiger partial charge in [0, 0.05) is 0 Å². The summed E-state index contributed by atoms with van der Waals surface area (Å²) in [6.07, 6.45) is 0. The summed E-state index contributed by atoms with van der Waals surface area (Å²) in [6.45, 7) is 0.370. The number of carboxylic acids is 4. The van der Waals surface area contributed by atoms with Crippen molar-refractivity contribution >= 4 is 23.9 Å². The summed E-state index contributed by atoms with van der Waals surface area (Å²) in [5.41, 5.74) is 0. The van der Waals surface area contributed by atoms with E-state index in [1.807, 2.05) is 0 Å². The minimum atomic E-state index is -1.36. The molecule has 0 radical (unpaired) electrons. The fourth-order valence-corrected chi connectivity index (χ4v) is 1.33. The second-order valence-corrected chi connectivity index (χ2v) is 3.70. The number of hydrogen-bond acceptors (Lipinski definition) is 6. The van der Waals surface area contributed by atoms with Crippen LogP contribution in [0.15, 0.2) is 12.4 Å². The number of hydrogen-bond donors (Lipinski definition) is 4. The minimum absolute atomic E-state index is 0.306. The van der Waals surface area contributed by atoms with Gasteiger partial charge < -0.3 is 30.2 Å². The molecule has 0 fully saturated rings. The maximum atomic E-state index is 10.6. The molecule has 112 valence electrons. The zero-order valence-electron chi connectivity index (χ0n) is 10.4. The molecule has 0 saturated carbocycles. The van der Waals surface area contributed by atoms with Gasteiger partial charge in [-0.2, -0.15) is 0 Å². The third-order valence-corrected chi connectivity index (χ3v) is 2.03. The molecule has 0 rings (SSSR count). The first-order valence-electron chi connectivity index (χ1n) is 5.19. The number of nitrogens with zero attached hydrogens (tertiary/aromatic N) is 2. The molecule has 0 aliphatic carbocycles. The van der Waals surface area contributed by atoms with Crippen LogP contribution in [-0.4, -0.2) is 80.3 Å². The Labute approximate surface area is 113 Å². The summed E-state index contributed by atoms with van der Waals surface area (Å²) in [5.74, 6) is -5.76. The molecule has 0 aromatic carbocycles. The lowest BCUT2D eigenvalue weighted by Gasteiger charge is -2.31. The van der Waals surface area contributed by atoms with Crippen LogP contribution in [0.2, 0.25) is 0 Å². The lowest BCUT2D eigenvalue weighted by Crippen LogP contribution is -2.44. The minimum Gasteiger partial charge on any atom is -0.480 e. The van der Waals surface area contributed by atoms with Crippen LogP contribution in [0.5, 0.6) is 0 Å². The van der Waals surface area contributed by atoms with Gasteiger partial charge in [0.25, 0.3) is 0 Å². The molecular formula is C10H14N2O8. The summed E-state index contributed by atoms with van der Waals surface area (Å²) in [7, 11) is 0. The van der Waals surface area contributed by atoms with E-state index in [0.717, 1.165) is 9.80 Å². The predicted octanol–water partition coefficient (Wildman–Crippen LogP) is -1.60.